The highest BCUT2D eigenvalue weighted by Crippen LogP contribution is 2.31. The topological polar surface area (TPSA) is 63.2 Å². The highest BCUT2D eigenvalue weighted by Gasteiger charge is 2.53. The molecule has 0 aromatic rings. The van der Waals surface area contributed by atoms with Crippen LogP contribution in [0.15, 0.2) is 0 Å². The van der Waals surface area contributed by atoms with E-state index in [0.29, 0.717) is 6.54 Å². The molecule has 1 aliphatic carbocycles. The summed E-state index contributed by atoms with van der Waals surface area (Å²) >= 11 is 0. The molecule has 4 amide bonds. The first kappa shape index (κ1) is 12.2. The number of amides is 4. The van der Waals surface area contributed by atoms with E-state index in [-0.39, 0.29) is 22.9 Å². The minimum absolute atomic E-state index is 0.0642. The molecule has 1 N–H and O–H groups in total. The molecule has 1 saturated carbocycles. The highest BCUT2D eigenvalue weighted by molar-refractivity contribution is 6.08. The molecule has 2 fully saturated rings. The summed E-state index contributed by atoms with van der Waals surface area (Å²) in [5.41, 5.74) is 0. The highest BCUT2D eigenvalue weighted by atomic mass is 16.2. The standard InChI is InChI=1S/C12H18N2O3/c1-2-14(9-6-4-3-5-7-9)11(16)8-10(15)13-12(14)17/h9H,2-8H2,1H3/p+1. The second kappa shape index (κ2) is 4.56. The fourth-order valence-corrected chi connectivity index (χ4v) is 3.12. The van der Waals surface area contributed by atoms with Crippen molar-refractivity contribution in [2.75, 3.05) is 6.54 Å². The van der Waals surface area contributed by atoms with E-state index in [1.807, 2.05) is 6.92 Å². The maximum Gasteiger partial charge on any atom is 0.430 e. The zero-order valence-corrected chi connectivity index (χ0v) is 10.2. The number of quaternary nitrogens is 1. The maximum atomic E-state index is 12.2. The molecule has 5 nitrogen and oxygen atoms in total. The molecule has 0 bridgehead atoms. The molecule has 0 spiro atoms. The molecule has 0 aromatic carbocycles. The third-order valence-corrected chi connectivity index (χ3v) is 4.06. The van der Waals surface area contributed by atoms with Crippen molar-refractivity contribution in [1.29, 1.82) is 0 Å². The quantitative estimate of drug-likeness (QED) is 0.584. The van der Waals surface area contributed by atoms with Gasteiger partial charge in [0.2, 0.25) is 5.91 Å². The molecule has 1 heterocycles. The summed E-state index contributed by atoms with van der Waals surface area (Å²) in [6.07, 6.45) is 4.96. The second-order valence-electron chi connectivity index (χ2n) is 4.90. The number of rotatable bonds is 2. The van der Waals surface area contributed by atoms with Crippen molar-refractivity contribution in [2.45, 2.75) is 51.5 Å². The van der Waals surface area contributed by atoms with Crippen LogP contribution in [0.5, 0.6) is 0 Å². The fourth-order valence-electron chi connectivity index (χ4n) is 3.12. The molecular formula is C12H19N2O3+. The smallest absolute Gasteiger partial charge is 0.274 e. The Morgan fingerprint density at radius 3 is 2.35 bits per heavy atom. The SMILES string of the molecule is CC[N+]1(C2CCCCC2)C(=O)CC(=O)NC1=O. The number of hydrogen-bond acceptors (Lipinski definition) is 3. The van der Waals surface area contributed by atoms with Crippen LogP contribution in [-0.2, 0) is 9.59 Å². The summed E-state index contributed by atoms with van der Waals surface area (Å²) in [7, 11) is 0. The van der Waals surface area contributed by atoms with Crippen molar-refractivity contribution in [3.63, 3.8) is 0 Å². The van der Waals surface area contributed by atoms with Crippen molar-refractivity contribution < 1.29 is 18.9 Å². The Bertz CT molecular complexity index is 339. The number of urea groups is 1. The zero-order valence-electron chi connectivity index (χ0n) is 10.2. The minimum atomic E-state index is -0.460. The van der Waals surface area contributed by atoms with E-state index >= 15 is 0 Å². The number of barbiturate groups is 1. The summed E-state index contributed by atoms with van der Waals surface area (Å²) < 4.78 is -0.161. The number of carbonyl (C=O) groups is 3. The lowest BCUT2D eigenvalue weighted by Crippen LogP contribution is -2.70. The van der Waals surface area contributed by atoms with Crippen LogP contribution in [-0.4, -0.2) is 34.9 Å². The van der Waals surface area contributed by atoms with Crippen LogP contribution in [0.1, 0.15) is 45.4 Å². The lowest BCUT2D eigenvalue weighted by molar-refractivity contribution is -0.802. The Hall–Kier alpha value is -1.23. The number of hydrogen-bond donors (Lipinski definition) is 1. The van der Waals surface area contributed by atoms with Gasteiger partial charge in [-0.1, -0.05) is 6.42 Å². The minimum Gasteiger partial charge on any atom is -0.274 e. The van der Waals surface area contributed by atoms with Crippen molar-refractivity contribution >= 4 is 17.8 Å². The van der Waals surface area contributed by atoms with Gasteiger partial charge in [0.15, 0.2) is 0 Å². The van der Waals surface area contributed by atoms with Crippen LogP contribution >= 0.6 is 0 Å². The molecule has 17 heavy (non-hydrogen) atoms. The Kier molecular flexibility index (Phi) is 3.28. The van der Waals surface area contributed by atoms with Crippen LogP contribution in [0.25, 0.3) is 0 Å². The fraction of sp³-hybridized carbons (Fsp3) is 0.750. The van der Waals surface area contributed by atoms with E-state index in [4.69, 9.17) is 0 Å². The first-order chi connectivity index (χ1) is 8.11. The van der Waals surface area contributed by atoms with Gasteiger partial charge in [-0.25, -0.2) is 14.9 Å². The van der Waals surface area contributed by atoms with E-state index in [1.165, 1.54) is 6.42 Å². The van der Waals surface area contributed by atoms with Crippen molar-refractivity contribution in [3.05, 3.63) is 0 Å². The second-order valence-corrected chi connectivity index (χ2v) is 4.90. The first-order valence-corrected chi connectivity index (χ1v) is 6.36. The monoisotopic (exact) mass is 239 g/mol. The molecule has 1 aliphatic heterocycles. The Labute approximate surface area is 101 Å². The largest absolute Gasteiger partial charge is 0.430 e. The van der Waals surface area contributed by atoms with E-state index in [2.05, 4.69) is 5.32 Å². The summed E-state index contributed by atoms with van der Waals surface area (Å²) in [4.78, 5) is 35.5. The Balaban J connectivity index is 2.30. The van der Waals surface area contributed by atoms with Gasteiger partial charge in [0, 0.05) is 12.8 Å². The van der Waals surface area contributed by atoms with Gasteiger partial charge in [0.25, 0.3) is 0 Å². The molecule has 2 aliphatic rings. The number of nitrogens with one attached hydrogen (secondary N) is 1. The van der Waals surface area contributed by atoms with Gasteiger partial charge in [-0.2, -0.15) is 4.48 Å². The molecule has 0 aromatic heterocycles. The molecular weight excluding hydrogens is 220 g/mol. The van der Waals surface area contributed by atoms with Crippen LogP contribution in [0.3, 0.4) is 0 Å². The van der Waals surface area contributed by atoms with E-state index in [9.17, 15) is 14.4 Å². The van der Waals surface area contributed by atoms with Gasteiger partial charge < -0.3 is 0 Å². The molecule has 0 radical (unpaired) electrons. The molecule has 94 valence electrons. The molecule has 1 unspecified atom stereocenters. The van der Waals surface area contributed by atoms with E-state index in [1.54, 1.807) is 0 Å². The number of carbonyl (C=O) groups excluding carboxylic acids is 3. The van der Waals surface area contributed by atoms with E-state index < -0.39 is 11.9 Å². The van der Waals surface area contributed by atoms with Crippen LogP contribution in [0.4, 0.5) is 4.79 Å². The van der Waals surface area contributed by atoms with Gasteiger partial charge in [-0.05, 0) is 19.8 Å². The third-order valence-electron chi connectivity index (χ3n) is 4.06. The number of imide groups is 2. The van der Waals surface area contributed by atoms with Gasteiger partial charge in [0.05, 0.1) is 6.54 Å². The molecule has 1 atom stereocenters. The van der Waals surface area contributed by atoms with Crippen molar-refractivity contribution in [1.82, 2.24) is 5.32 Å². The lowest BCUT2D eigenvalue weighted by Gasteiger charge is -2.42. The molecule has 5 heteroatoms. The average molecular weight is 239 g/mol. The van der Waals surface area contributed by atoms with Gasteiger partial charge in [0.1, 0.15) is 12.5 Å². The summed E-state index contributed by atoms with van der Waals surface area (Å²) in [6.45, 7) is 2.30. The molecule has 2 rings (SSSR count). The summed E-state index contributed by atoms with van der Waals surface area (Å²) in [6, 6.07) is -0.352. The summed E-state index contributed by atoms with van der Waals surface area (Å²) in [5, 5.41) is 2.32. The van der Waals surface area contributed by atoms with E-state index in [0.717, 1.165) is 25.7 Å². The number of nitrogens with zero attached hydrogens (tertiary/aromatic N) is 1. The lowest BCUT2D eigenvalue weighted by atomic mass is 9.91. The Morgan fingerprint density at radius 2 is 1.82 bits per heavy atom. The van der Waals surface area contributed by atoms with Crippen LogP contribution < -0.4 is 5.32 Å². The summed E-state index contributed by atoms with van der Waals surface area (Å²) in [5.74, 6) is -0.689. The average Bonchev–Trinajstić information content (AvgIpc) is 2.30. The van der Waals surface area contributed by atoms with Gasteiger partial charge in [-0.15, -0.1) is 0 Å². The maximum absolute atomic E-state index is 12.2. The first-order valence-electron chi connectivity index (χ1n) is 6.36. The van der Waals surface area contributed by atoms with Crippen LogP contribution in [0, 0.1) is 0 Å². The van der Waals surface area contributed by atoms with Crippen molar-refractivity contribution in [3.8, 4) is 0 Å². The van der Waals surface area contributed by atoms with Gasteiger partial charge in [-0.3, -0.25) is 4.79 Å². The third kappa shape index (κ3) is 1.88. The van der Waals surface area contributed by atoms with Gasteiger partial charge >= 0.3 is 11.9 Å². The Morgan fingerprint density at radius 1 is 1.18 bits per heavy atom. The normalized spacial score (nSPS) is 31.5. The van der Waals surface area contributed by atoms with Crippen molar-refractivity contribution in [2.24, 2.45) is 0 Å². The predicted molar refractivity (Wildman–Crippen MR) is 60.8 cm³/mol. The zero-order chi connectivity index (χ0) is 12.5. The molecule has 1 saturated heterocycles. The predicted octanol–water partition coefficient (Wildman–Crippen LogP) is 1.32. The van der Waals surface area contributed by atoms with Crippen LogP contribution in [0.2, 0.25) is 0 Å².